The van der Waals surface area contributed by atoms with Gasteiger partial charge in [-0.25, -0.2) is 0 Å². The fraction of sp³-hybridized carbons (Fsp3) is 0.143. The standard InChI is InChI=1S/C14H10Cl3NO3/c15-7-10-5-12(18(19)20)3-4-14(10)21-8-9-1-2-11(16)6-13(9)17/h1-6H,7-8H2. The number of benzene rings is 2. The van der Waals surface area contributed by atoms with Gasteiger partial charge in [-0.3, -0.25) is 10.1 Å². The smallest absolute Gasteiger partial charge is 0.270 e. The van der Waals surface area contributed by atoms with Gasteiger partial charge in [-0.15, -0.1) is 11.6 Å². The van der Waals surface area contributed by atoms with Crippen LogP contribution in [-0.2, 0) is 12.5 Å². The van der Waals surface area contributed by atoms with Crippen molar-refractivity contribution in [2.45, 2.75) is 12.5 Å². The maximum Gasteiger partial charge on any atom is 0.270 e. The van der Waals surface area contributed by atoms with Crippen molar-refractivity contribution >= 4 is 40.5 Å². The van der Waals surface area contributed by atoms with Crippen molar-refractivity contribution in [1.82, 2.24) is 0 Å². The molecule has 0 saturated carbocycles. The van der Waals surface area contributed by atoms with Crippen LogP contribution in [0.2, 0.25) is 10.0 Å². The predicted molar refractivity (Wildman–Crippen MR) is 83.4 cm³/mol. The van der Waals surface area contributed by atoms with Crippen LogP contribution in [-0.4, -0.2) is 4.92 Å². The van der Waals surface area contributed by atoms with E-state index in [0.29, 0.717) is 21.4 Å². The molecule has 110 valence electrons. The molecule has 0 fully saturated rings. The van der Waals surface area contributed by atoms with Crippen molar-refractivity contribution in [3.05, 3.63) is 67.7 Å². The maximum absolute atomic E-state index is 10.7. The summed E-state index contributed by atoms with van der Waals surface area (Å²) in [5.74, 6) is 0.604. The zero-order valence-electron chi connectivity index (χ0n) is 10.7. The number of ether oxygens (including phenoxy) is 1. The third-order valence-corrected chi connectivity index (χ3v) is 3.67. The first-order valence-electron chi connectivity index (χ1n) is 5.91. The molecule has 0 heterocycles. The SMILES string of the molecule is O=[N+]([O-])c1ccc(OCc2ccc(Cl)cc2Cl)c(CCl)c1. The average molecular weight is 347 g/mol. The molecule has 0 bridgehead atoms. The summed E-state index contributed by atoms with van der Waals surface area (Å²) in [6.45, 7) is 0.220. The lowest BCUT2D eigenvalue weighted by molar-refractivity contribution is -0.384. The largest absolute Gasteiger partial charge is 0.489 e. The third-order valence-electron chi connectivity index (χ3n) is 2.80. The van der Waals surface area contributed by atoms with Gasteiger partial charge in [0.1, 0.15) is 12.4 Å². The van der Waals surface area contributed by atoms with Crippen LogP contribution in [0.15, 0.2) is 36.4 Å². The fourth-order valence-electron chi connectivity index (χ4n) is 1.72. The number of rotatable bonds is 5. The highest BCUT2D eigenvalue weighted by molar-refractivity contribution is 6.35. The predicted octanol–water partition coefficient (Wildman–Crippen LogP) is 5.22. The Labute approximate surface area is 136 Å². The Morgan fingerprint density at radius 2 is 1.86 bits per heavy atom. The molecular weight excluding hydrogens is 337 g/mol. The number of halogens is 3. The minimum atomic E-state index is -0.476. The van der Waals surface area contributed by atoms with Gasteiger partial charge in [0.25, 0.3) is 5.69 Å². The van der Waals surface area contributed by atoms with E-state index in [1.807, 2.05) is 0 Å². The number of nitro groups is 1. The molecule has 0 N–H and O–H groups in total. The van der Waals surface area contributed by atoms with Gasteiger partial charge in [0.15, 0.2) is 0 Å². The highest BCUT2D eigenvalue weighted by Crippen LogP contribution is 2.28. The summed E-state index contributed by atoms with van der Waals surface area (Å²) in [5, 5.41) is 11.8. The molecular formula is C14H10Cl3NO3. The molecule has 2 aromatic rings. The fourth-order valence-corrected chi connectivity index (χ4v) is 2.39. The summed E-state index contributed by atoms with van der Waals surface area (Å²) in [7, 11) is 0. The van der Waals surface area contributed by atoms with Gasteiger partial charge in [-0.05, 0) is 18.2 Å². The molecule has 2 rings (SSSR count). The summed E-state index contributed by atoms with van der Waals surface area (Å²) < 4.78 is 5.63. The number of nitrogens with zero attached hydrogens (tertiary/aromatic N) is 1. The van der Waals surface area contributed by atoms with Crippen molar-refractivity contribution in [3.8, 4) is 5.75 Å². The number of non-ortho nitro benzene ring substituents is 1. The van der Waals surface area contributed by atoms with E-state index in [0.717, 1.165) is 5.56 Å². The molecule has 7 heteroatoms. The lowest BCUT2D eigenvalue weighted by Crippen LogP contribution is -1.99. The number of hydrogen-bond acceptors (Lipinski definition) is 3. The van der Waals surface area contributed by atoms with E-state index < -0.39 is 4.92 Å². The molecule has 0 spiro atoms. The van der Waals surface area contributed by atoms with Gasteiger partial charge in [-0.1, -0.05) is 29.3 Å². The van der Waals surface area contributed by atoms with Crippen molar-refractivity contribution in [1.29, 1.82) is 0 Å². The highest BCUT2D eigenvalue weighted by atomic mass is 35.5. The maximum atomic E-state index is 10.7. The van der Waals surface area contributed by atoms with Crippen molar-refractivity contribution < 1.29 is 9.66 Å². The first-order chi connectivity index (χ1) is 10.0. The first kappa shape index (κ1) is 15.9. The second-order valence-electron chi connectivity index (χ2n) is 4.21. The van der Waals surface area contributed by atoms with Gasteiger partial charge >= 0.3 is 0 Å². The van der Waals surface area contributed by atoms with Gasteiger partial charge in [0.2, 0.25) is 0 Å². The Hall–Kier alpha value is -1.49. The van der Waals surface area contributed by atoms with Crippen molar-refractivity contribution in [3.63, 3.8) is 0 Å². The molecule has 0 aliphatic heterocycles. The average Bonchev–Trinajstić information content (AvgIpc) is 2.46. The molecule has 0 aliphatic carbocycles. The van der Waals surface area contributed by atoms with Gasteiger partial charge in [0.05, 0.1) is 10.8 Å². The first-order valence-corrected chi connectivity index (χ1v) is 7.20. The molecule has 0 radical (unpaired) electrons. The summed E-state index contributed by atoms with van der Waals surface area (Å²) >= 11 is 17.7. The van der Waals surface area contributed by atoms with Gasteiger partial charge in [-0.2, -0.15) is 0 Å². The minimum Gasteiger partial charge on any atom is -0.489 e. The summed E-state index contributed by atoms with van der Waals surface area (Å²) in [6, 6.07) is 9.39. The molecule has 0 unspecified atom stereocenters. The van der Waals surface area contributed by atoms with Crippen LogP contribution in [0.1, 0.15) is 11.1 Å². The van der Waals surface area contributed by atoms with E-state index in [-0.39, 0.29) is 18.2 Å². The van der Waals surface area contributed by atoms with E-state index in [9.17, 15) is 10.1 Å². The Bertz CT molecular complexity index is 677. The molecule has 4 nitrogen and oxygen atoms in total. The molecule has 0 aliphatic rings. The number of hydrogen-bond donors (Lipinski definition) is 0. The second kappa shape index (κ2) is 6.98. The molecule has 0 amide bonds. The van der Waals surface area contributed by atoms with Crippen LogP contribution in [0.3, 0.4) is 0 Å². The molecule has 0 saturated heterocycles. The van der Waals surface area contributed by atoms with E-state index in [2.05, 4.69) is 0 Å². The van der Waals surface area contributed by atoms with Crippen LogP contribution < -0.4 is 4.74 Å². The van der Waals surface area contributed by atoms with Crippen LogP contribution >= 0.6 is 34.8 Å². The molecule has 0 atom stereocenters. The van der Waals surface area contributed by atoms with Crippen LogP contribution in [0.5, 0.6) is 5.75 Å². The van der Waals surface area contributed by atoms with E-state index in [1.165, 1.54) is 18.2 Å². The number of alkyl halides is 1. The Morgan fingerprint density at radius 3 is 2.48 bits per heavy atom. The highest BCUT2D eigenvalue weighted by Gasteiger charge is 2.12. The molecule has 21 heavy (non-hydrogen) atoms. The number of nitro benzene ring substituents is 1. The zero-order valence-corrected chi connectivity index (χ0v) is 13.0. The summed E-state index contributed by atoms with van der Waals surface area (Å²) in [5.41, 5.74) is 1.29. The normalized spacial score (nSPS) is 10.4. The Morgan fingerprint density at radius 1 is 1.10 bits per heavy atom. The van der Waals surface area contributed by atoms with Gasteiger partial charge < -0.3 is 4.74 Å². The third kappa shape index (κ3) is 4.00. The summed E-state index contributed by atoms with van der Waals surface area (Å²) in [4.78, 5) is 10.3. The minimum absolute atomic E-state index is 0.0254. The lowest BCUT2D eigenvalue weighted by atomic mass is 10.2. The van der Waals surface area contributed by atoms with E-state index in [4.69, 9.17) is 39.5 Å². The van der Waals surface area contributed by atoms with E-state index >= 15 is 0 Å². The van der Waals surface area contributed by atoms with Gasteiger partial charge in [0, 0.05) is 33.3 Å². The van der Waals surface area contributed by atoms with Crippen LogP contribution in [0.4, 0.5) is 5.69 Å². The zero-order chi connectivity index (χ0) is 15.4. The molecule has 2 aromatic carbocycles. The van der Waals surface area contributed by atoms with Crippen molar-refractivity contribution in [2.24, 2.45) is 0 Å². The Kier molecular flexibility index (Phi) is 5.28. The van der Waals surface area contributed by atoms with Crippen LogP contribution in [0.25, 0.3) is 0 Å². The monoisotopic (exact) mass is 345 g/mol. The lowest BCUT2D eigenvalue weighted by Gasteiger charge is -2.11. The quantitative estimate of drug-likeness (QED) is 0.424. The molecule has 0 aromatic heterocycles. The van der Waals surface area contributed by atoms with Crippen LogP contribution in [0, 0.1) is 10.1 Å². The second-order valence-corrected chi connectivity index (χ2v) is 5.32. The van der Waals surface area contributed by atoms with Crippen molar-refractivity contribution in [2.75, 3.05) is 0 Å². The summed E-state index contributed by atoms with van der Waals surface area (Å²) in [6.07, 6.45) is 0. The van der Waals surface area contributed by atoms with E-state index in [1.54, 1.807) is 18.2 Å². The topological polar surface area (TPSA) is 52.4 Å². The Balaban J connectivity index is 2.17.